The van der Waals surface area contributed by atoms with Crippen molar-refractivity contribution >= 4 is 86.2 Å². The van der Waals surface area contributed by atoms with Gasteiger partial charge in [-0.3, -0.25) is 29.0 Å². The number of ether oxygens (including phenoxy) is 15. The number of aromatic amines is 1. The molecule has 35 nitrogen and oxygen atoms in total. The van der Waals surface area contributed by atoms with Gasteiger partial charge in [0.05, 0.1) is 209 Å². The Hall–Kier alpha value is -9.19. The molecule has 0 fully saturated rings. The molecule has 3 aromatic carbocycles. The zero-order valence-corrected chi connectivity index (χ0v) is 65.5. The maximum absolute atomic E-state index is 12.9. The lowest BCUT2D eigenvalue weighted by Crippen LogP contribution is -2.41. The van der Waals surface area contributed by atoms with Crippen LogP contribution in [0.1, 0.15) is 84.2 Å². The molecule has 2 aromatic heterocycles. The van der Waals surface area contributed by atoms with Crippen LogP contribution in [0.2, 0.25) is 0 Å². The molecule has 0 unspecified atom stereocenters. The number of phenolic OH excluding ortho intramolecular Hbond substituents is 1. The summed E-state index contributed by atoms with van der Waals surface area (Å²) in [6.45, 7) is 13.2. The first-order chi connectivity index (χ1) is 56.1. The molecule has 1 atom stereocenters. The van der Waals surface area contributed by atoms with E-state index in [9.17, 15) is 48.9 Å². The third kappa shape index (κ3) is 38.0. The predicted molar refractivity (Wildman–Crippen MR) is 426 cm³/mol. The molecule has 3 heterocycles. The number of Topliss-reactive ketones (excluding diaryl/α,β-unsaturated/α-hetero) is 2. The molecule has 1 aliphatic heterocycles. The van der Waals surface area contributed by atoms with Crippen molar-refractivity contribution in [3.8, 4) is 28.2 Å². The standard InChI is InChI=1S/C79H107N9O26S/c80-78-87-73-72(75(94)88-78)84-59(55-83-73)54-82-57-9-7-56(8-10-57)74(93)86-68(77(97)98)18-14-60(89)5-1-3-21-99-25-29-103-30-26-100-22-4-2-6-61(90)19-23-101-27-31-104-33-35-106-37-39-108-41-43-110-45-47-112-49-50-113-48-46-111-44-42-109-40-38-107-36-34-105-32-28-102-24-20-81-79(115)85-58-11-15-64(67(51-58)76(95)96)71-65-16-12-62(91)52-69(65)114-70-53-63(92)13-17-66(70)71/h7-13,15-17,51-53,55,68,82,91H,1-6,14,18-50,54H2,(H,86,93)(H,95,96)(H,97,98)(H2,81,85,115)(H3,80,83,87,88,94)/t68-/m0/s1. The molecule has 5 aromatic rings. The highest BCUT2D eigenvalue weighted by Crippen LogP contribution is 2.42. The van der Waals surface area contributed by atoms with Crippen LogP contribution in [0, 0.1) is 0 Å². The van der Waals surface area contributed by atoms with Gasteiger partial charge in [-0.1, -0.05) is 6.07 Å². The van der Waals surface area contributed by atoms with Crippen LogP contribution < -0.4 is 38.0 Å². The Labute approximate surface area is 670 Å². The SMILES string of the molecule is Nc1nc2ncc(CNc3ccc(C(=O)N[C@@H](CCC(=O)CCCCOCCOCCOCCCCC(=O)CCOCCOCCOCCOCCOCCOCCOCCOCCOCCOCCOCCOCCNC(=S)Nc4ccc(-c5c6ccc(=O)cc-6oc6cc(O)ccc56)c(C(=O)O)c4)C(=O)O)cc3)nc2c(=O)[nH]1. The number of nitrogens with one attached hydrogen (secondary N) is 5. The summed E-state index contributed by atoms with van der Waals surface area (Å²) in [5, 5.41) is 42.6. The van der Waals surface area contributed by atoms with E-state index < -0.39 is 29.4 Å². The van der Waals surface area contributed by atoms with Crippen molar-refractivity contribution in [2.45, 2.75) is 70.4 Å². The van der Waals surface area contributed by atoms with Gasteiger partial charge in [-0.05, 0) is 111 Å². The molecule has 0 bridgehead atoms. The number of carbonyl (C=O) groups excluding carboxylic acids is 3. The number of aromatic hydroxyl groups is 1. The highest BCUT2D eigenvalue weighted by Gasteiger charge is 2.25. The first-order valence-corrected chi connectivity index (χ1v) is 38.7. The number of amides is 1. The molecule has 7 rings (SSSR count). The highest BCUT2D eigenvalue weighted by molar-refractivity contribution is 7.80. The number of hydrogen-bond donors (Lipinski definition) is 9. The number of nitrogens with zero attached hydrogens (tertiary/aromatic N) is 3. The van der Waals surface area contributed by atoms with Crippen LogP contribution in [0.25, 0.3) is 44.6 Å². The molecule has 115 heavy (non-hydrogen) atoms. The Morgan fingerprint density at radius 3 is 1.50 bits per heavy atom. The van der Waals surface area contributed by atoms with Crippen LogP contribution in [0.15, 0.2) is 99.1 Å². The number of aliphatic carboxylic acids is 1. The summed E-state index contributed by atoms with van der Waals surface area (Å²) >= 11 is 5.44. The summed E-state index contributed by atoms with van der Waals surface area (Å²) in [4.78, 5) is 101. The number of thiocarbonyl (C=S) groups is 1. The number of benzene rings is 4. The van der Waals surface area contributed by atoms with E-state index in [4.69, 9.17) is 93.4 Å². The van der Waals surface area contributed by atoms with Gasteiger partial charge in [0, 0.05) is 91.0 Å². The maximum atomic E-state index is 12.9. The number of carboxylic acid groups (broad SMARTS) is 2. The number of carboxylic acids is 2. The third-order valence-corrected chi connectivity index (χ3v) is 17.0. The molecule has 1 aliphatic carbocycles. The van der Waals surface area contributed by atoms with Gasteiger partial charge in [0.15, 0.2) is 21.7 Å². The average molecular weight is 1630 g/mol. The number of fused-ring (bicyclic) bond motifs is 3. The van der Waals surface area contributed by atoms with Gasteiger partial charge in [-0.25, -0.2) is 19.6 Å². The van der Waals surface area contributed by atoms with Gasteiger partial charge < -0.3 is 118 Å². The molecule has 630 valence electrons. The number of phenols is 1. The van der Waals surface area contributed by atoms with Crippen molar-refractivity contribution in [1.29, 1.82) is 0 Å². The Morgan fingerprint density at radius 2 is 0.991 bits per heavy atom. The van der Waals surface area contributed by atoms with E-state index >= 15 is 0 Å². The van der Waals surface area contributed by atoms with Crippen LogP contribution in [0.3, 0.4) is 0 Å². The van der Waals surface area contributed by atoms with Crippen molar-refractivity contribution in [3.63, 3.8) is 0 Å². The Kier molecular flexibility index (Phi) is 45.4. The van der Waals surface area contributed by atoms with Gasteiger partial charge in [-0.2, -0.15) is 4.98 Å². The molecular weight excluding hydrogens is 1520 g/mol. The summed E-state index contributed by atoms with van der Waals surface area (Å²) in [5.41, 5.74) is 8.50. The van der Waals surface area contributed by atoms with E-state index in [1.54, 1.807) is 36.4 Å². The molecule has 2 aliphatic rings. The topological polar surface area (TPSA) is 460 Å². The smallest absolute Gasteiger partial charge is 0.336 e. The molecule has 36 heteroatoms. The van der Waals surface area contributed by atoms with Crippen molar-refractivity contribution in [1.82, 2.24) is 30.6 Å². The summed E-state index contributed by atoms with van der Waals surface area (Å²) in [6, 6.07) is 18.8. The van der Waals surface area contributed by atoms with E-state index in [1.165, 1.54) is 48.7 Å². The highest BCUT2D eigenvalue weighted by atomic mass is 32.1. The van der Waals surface area contributed by atoms with Gasteiger partial charge in [0.2, 0.25) is 5.95 Å². The predicted octanol–water partition coefficient (Wildman–Crippen LogP) is 6.26. The quantitative estimate of drug-likeness (QED) is 0.0115. The average Bonchev–Trinajstić information content (AvgIpc) is 0.748. The monoisotopic (exact) mass is 1630 g/mol. The van der Waals surface area contributed by atoms with Crippen LogP contribution in [0.5, 0.6) is 5.75 Å². The summed E-state index contributed by atoms with van der Waals surface area (Å²) < 4.78 is 89.3. The van der Waals surface area contributed by atoms with Crippen LogP contribution in [-0.4, -0.2) is 281 Å². The Bertz CT molecular complexity index is 4120. The van der Waals surface area contributed by atoms with Gasteiger partial charge >= 0.3 is 11.9 Å². The van der Waals surface area contributed by atoms with Crippen molar-refractivity contribution in [2.75, 3.05) is 221 Å². The fourth-order valence-corrected chi connectivity index (χ4v) is 11.1. The van der Waals surface area contributed by atoms with Gasteiger partial charge in [0.25, 0.3) is 11.5 Å². The van der Waals surface area contributed by atoms with E-state index in [-0.39, 0.29) is 87.7 Å². The second-order valence-corrected chi connectivity index (χ2v) is 25.9. The molecule has 10 N–H and O–H groups in total. The minimum absolute atomic E-state index is 0.000143. The molecular formula is C79H107N9O26S. The second-order valence-electron chi connectivity index (χ2n) is 25.5. The number of unbranched alkanes of at least 4 members (excludes halogenated alkanes) is 2. The van der Waals surface area contributed by atoms with E-state index in [0.29, 0.717) is 275 Å². The zero-order valence-electron chi connectivity index (χ0n) is 64.7. The molecule has 0 saturated heterocycles. The fourth-order valence-electron chi connectivity index (χ4n) is 10.9. The van der Waals surface area contributed by atoms with E-state index in [1.807, 2.05) is 0 Å². The van der Waals surface area contributed by atoms with E-state index in [0.717, 1.165) is 12.8 Å². The van der Waals surface area contributed by atoms with Gasteiger partial charge in [-0.15, -0.1) is 0 Å². The van der Waals surface area contributed by atoms with Crippen LogP contribution in [-0.2, 0) is 92.0 Å². The maximum Gasteiger partial charge on any atom is 0.336 e. The molecule has 0 saturated carbocycles. The molecule has 0 radical (unpaired) electrons. The normalized spacial score (nSPS) is 11.7. The lowest BCUT2D eigenvalue weighted by atomic mass is 9.90. The summed E-state index contributed by atoms with van der Waals surface area (Å²) in [5.74, 6) is -2.81. The largest absolute Gasteiger partial charge is 0.508 e. The number of aromatic nitrogens is 4. The number of nitrogens with two attached hydrogens (primary N) is 1. The summed E-state index contributed by atoms with van der Waals surface area (Å²) in [7, 11) is 0. The van der Waals surface area contributed by atoms with E-state index in [2.05, 4.69) is 41.2 Å². The number of nitrogen functional groups attached to an aromatic ring is 1. The first-order valence-electron chi connectivity index (χ1n) is 38.3. The second kappa shape index (κ2) is 56.2. The Balaban J connectivity index is 0.518. The number of anilines is 3. The van der Waals surface area contributed by atoms with Crippen molar-refractivity contribution in [2.24, 2.45) is 0 Å². The van der Waals surface area contributed by atoms with Crippen LogP contribution in [0.4, 0.5) is 17.3 Å². The molecule has 1 amide bonds. The minimum Gasteiger partial charge on any atom is -0.508 e. The number of aromatic carboxylic acids is 1. The number of H-pyrrole nitrogens is 1. The third-order valence-electron chi connectivity index (χ3n) is 16.8. The number of rotatable bonds is 67. The number of carbonyl (C=O) groups is 5. The van der Waals surface area contributed by atoms with Crippen LogP contribution >= 0.6 is 12.2 Å². The molecule has 0 spiro atoms. The fraction of sp³-hybridized carbons (Fsp3) is 0.532. The number of hydrogen-bond acceptors (Lipinski definition) is 30. The lowest BCUT2D eigenvalue weighted by molar-refractivity contribution is -0.139. The number of ketones is 2. The minimum atomic E-state index is -1.25. The lowest BCUT2D eigenvalue weighted by Gasteiger charge is -2.18. The zero-order chi connectivity index (χ0) is 81.7. The van der Waals surface area contributed by atoms with Crippen molar-refractivity contribution < 1.29 is 115 Å². The van der Waals surface area contributed by atoms with Crippen molar-refractivity contribution in [3.05, 3.63) is 122 Å². The summed E-state index contributed by atoms with van der Waals surface area (Å²) in [6.07, 6.45) is 5.20. The Morgan fingerprint density at radius 1 is 0.513 bits per heavy atom. The van der Waals surface area contributed by atoms with Gasteiger partial charge in [0.1, 0.15) is 34.7 Å². The first kappa shape index (κ1) is 93.0.